The molecule has 0 saturated heterocycles. The van der Waals surface area contributed by atoms with E-state index in [2.05, 4.69) is 10.3 Å². The molecule has 1 aromatic heterocycles. The molecule has 0 radical (unpaired) electrons. The highest BCUT2D eigenvalue weighted by atomic mass is 16.6. The summed E-state index contributed by atoms with van der Waals surface area (Å²) in [5.74, 6) is 1.07. The summed E-state index contributed by atoms with van der Waals surface area (Å²) >= 11 is 0. The van der Waals surface area contributed by atoms with Gasteiger partial charge in [0.05, 0.1) is 13.0 Å². The average Bonchev–Trinajstić information content (AvgIpc) is 2.35. The summed E-state index contributed by atoms with van der Waals surface area (Å²) in [6.45, 7) is 6.83. The van der Waals surface area contributed by atoms with Crippen LogP contribution >= 0.6 is 0 Å². The van der Waals surface area contributed by atoms with Crippen molar-refractivity contribution in [2.24, 2.45) is 5.73 Å². The lowest BCUT2D eigenvalue weighted by atomic mass is 10.1. The molecular weight excluding hydrogens is 258 g/mol. The first-order valence-corrected chi connectivity index (χ1v) is 6.69. The zero-order valence-electron chi connectivity index (χ0n) is 12.1. The van der Waals surface area contributed by atoms with Gasteiger partial charge in [0.25, 0.3) is 0 Å². The molecule has 0 amide bonds. The lowest BCUT2D eigenvalue weighted by Crippen LogP contribution is -2.27. The molecule has 6 nitrogen and oxygen atoms in total. The maximum absolute atomic E-state index is 11.8. The van der Waals surface area contributed by atoms with Gasteiger partial charge in [-0.2, -0.15) is 0 Å². The van der Waals surface area contributed by atoms with Gasteiger partial charge in [0.2, 0.25) is 0 Å². The van der Waals surface area contributed by atoms with Gasteiger partial charge in [-0.25, -0.2) is 4.98 Å². The van der Waals surface area contributed by atoms with Gasteiger partial charge in [-0.1, -0.05) is 0 Å². The van der Waals surface area contributed by atoms with E-state index in [1.165, 1.54) is 0 Å². The van der Waals surface area contributed by atoms with E-state index in [1.54, 1.807) is 6.20 Å². The Morgan fingerprint density at radius 2 is 2.35 bits per heavy atom. The van der Waals surface area contributed by atoms with E-state index in [1.807, 2.05) is 26.8 Å². The molecule has 2 heterocycles. The van der Waals surface area contributed by atoms with Crippen LogP contribution in [0.25, 0.3) is 0 Å². The summed E-state index contributed by atoms with van der Waals surface area (Å²) in [4.78, 5) is 16.0. The maximum Gasteiger partial charge on any atom is 0.308 e. The van der Waals surface area contributed by atoms with Crippen LogP contribution in [0.3, 0.4) is 0 Å². The predicted octanol–water partition coefficient (Wildman–Crippen LogP) is 1.62. The molecule has 110 valence electrons. The number of ether oxygens (including phenoxy) is 2. The van der Waals surface area contributed by atoms with Crippen LogP contribution in [0.1, 0.15) is 38.8 Å². The van der Waals surface area contributed by atoms with Crippen LogP contribution in [0.5, 0.6) is 5.75 Å². The largest absolute Gasteiger partial charge is 0.488 e. The molecule has 0 bridgehead atoms. The highest BCUT2D eigenvalue weighted by Crippen LogP contribution is 2.28. The first-order valence-electron chi connectivity index (χ1n) is 6.69. The maximum atomic E-state index is 11.8. The van der Waals surface area contributed by atoms with Crippen LogP contribution in [-0.2, 0) is 9.53 Å². The number of carbonyl (C=O) groups is 1. The number of anilines is 1. The number of rotatable bonds is 3. The SMILES string of the molecule is CC(C)(C)OC(=O)CC(N)c1cnc2c(c1)OCCN2. The molecule has 0 saturated carbocycles. The van der Waals surface area contributed by atoms with Crippen molar-refractivity contribution in [1.82, 2.24) is 4.98 Å². The Bertz CT molecular complexity index is 497. The van der Waals surface area contributed by atoms with Gasteiger partial charge in [-0.3, -0.25) is 4.79 Å². The van der Waals surface area contributed by atoms with Crippen molar-refractivity contribution in [1.29, 1.82) is 0 Å². The molecule has 0 spiro atoms. The topological polar surface area (TPSA) is 86.5 Å². The summed E-state index contributed by atoms with van der Waals surface area (Å²) in [6, 6.07) is 1.37. The van der Waals surface area contributed by atoms with E-state index >= 15 is 0 Å². The van der Waals surface area contributed by atoms with Crippen molar-refractivity contribution in [2.75, 3.05) is 18.5 Å². The number of fused-ring (bicyclic) bond motifs is 1. The number of pyridine rings is 1. The molecule has 0 aromatic carbocycles. The van der Waals surface area contributed by atoms with Gasteiger partial charge in [0.1, 0.15) is 12.2 Å². The fraction of sp³-hybridized carbons (Fsp3) is 0.571. The van der Waals surface area contributed by atoms with Crippen molar-refractivity contribution >= 4 is 11.8 Å². The molecule has 3 N–H and O–H groups in total. The third kappa shape index (κ3) is 3.84. The quantitative estimate of drug-likeness (QED) is 0.818. The number of hydrogen-bond acceptors (Lipinski definition) is 6. The van der Waals surface area contributed by atoms with E-state index < -0.39 is 11.6 Å². The minimum absolute atomic E-state index is 0.116. The number of aromatic nitrogens is 1. The van der Waals surface area contributed by atoms with E-state index in [0.717, 1.165) is 12.1 Å². The zero-order valence-corrected chi connectivity index (χ0v) is 12.1. The Hall–Kier alpha value is -1.82. The van der Waals surface area contributed by atoms with Gasteiger partial charge >= 0.3 is 5.97 Å². The number of nitrogens with two attached hydrogens (primary N) is 1. The molecule has 0 fully saturated rings. The van der Waals surface area contributed by atoms with Gasteiger partial charge in [0.15, 0.2) is 11.6 Å². The molecule has 1 aromatic rings. The van der Waals surface area contributed by atoms with Crippen LogP contribution in [-0.4, -0.2) is 29.7 Å². The number of nitrogens with one attached hydrogen (secondary N) is 1. The summed E-state index contributed by atoms with van der Waals surface area (Å²) in [7, 11) is 0. The fourth-order valence-corrected chi connectivity index (χ4v) is 1.92. The van der Waals surface area contributed by atoms with Crippen LogP contribution in [0.2, 0.25) is 0 Å². The molecule has 2 rings (SSSR count). The zero-order chi connectivity index (χ0) is 14.8. The van der Waals surface area contributed by atoms with E-state index in [0.29, 0.717) is 18.2 Å². The molecule has 20 heavy (non-hydrogen) atoms. The normalized spacial score (nSPS) is 15.6. The third-order valence-electron chi connectivity index (χ3n) is 2.76. The number of carbonyl (C=O) groups excluding carboxylic acids is 1. The van der Waals surface area contributed by atoms with Gasteiger partial charge in [-0.05, 0) is 32.4 Å². The Morgan fingerprint density at radius 3 is 3.05 bits per heavy atom. The standard InChI is InChI=1S/C14H21N3O3/c1-14(2,3)20-12(18)7-10(15)9-6-11-13(17-8-9)16-4-5-19-11/h6,8,10H,4-5,7,15H2,1-3H3,(H,16,17). The monoisotopic (exact) mass is 279 g/mol. The molecule has 1 unspecified atom stereocenters. The van der Waals surface area contributed by atoms with Crippen LogP contribution in [0, 0.1) is 0 Å². The van der Waals surface area contributed by atoms with E-state index in [4.69, 9.17) is 15.2 Å². The minimum Gasteiger partial charge on any atom is -0.488 e. The van der Waals surface area contributed by atoms with Crippen molar-refractivity contribution in [2.45, 2.75) is 38.8 Å². The Balaban J connectivity index is 2.02. The Morgan fingerprint density at radius 1 is 1.60 bits per heavy atom. The van der Waals surface area contributed by atoms with Crippen LogP contribution in [0.4, 0.5) is 5.82 Å². The van der Waals surface area contributed by atoms with Gasteiger partial charge in [0, 0.05) is 12.2 Å². The lowest BCUT2D eigenvalue weighted by Gasteiger charge is -2.22. The number of hydrogen-bond donors (Lipinski definition) is 2. The Labute approximate surface area is 118 Å². The number of nitrogens with zero attached hydrogens (tertiary/aromatic N) is 1. The molecule has 1 atom stereocenters. The second kappa shape index (κ2) is 5.66. The molecule has 0 aliphatic carbocycles. The van der Waals surface area contributed by atoms with Crippen molar-refractivity contribution < 1.29 is 14.3 Å². The predicted molar refractivity (Wildman–Crippen MR) is 75.6 cm³/mol. The summed E-state index contributed by atoms with van der Waals surface area (Å²) in [5, 5.41) is 3.13. The molecule has 6 heteroatoms. The van der Waals surface area contributed by atoms with E-state index in [-0.39, 0.29) is 12.4 Å². The molecule has 1 aliphatic heterocycles. The number of esters is 1. The summed E-state index contributed by atoms with van der Waals surface area (Å²) < 4.78 is 10.8. The first kappa shape index (κ1) is 14.6. The second-order valence-electron chi connectivity index (χ2n) is 5.79. The van der Waals surface area contributed by atoms with Crippen LogP contribution < -0.4 is 15.8 Å². The minimum atomic E-state index is -0.502. The molecule has 1 aliphatic rings. The van der Waals surface area contributed by atoms with Crippen LogP contribution in [0.15, 0.2) is 12.3 Å². The van der Waals surface area contributed by atoms with Crippen molar-refractivity contribution in [3.05, 3.63) is 17.8 Å². The van der Waals surface area contributed by atoms with Crippen molar-refractivity contribution in [3.63, 3.8) is 0 Å². The highest BCUT2D eigenvalue weighted by Gasteiger charge is 2.21. The smallest absolute Gasteiger partial charge is 0.308 e. The fourth-order valence-electron chi connectivity index (χ4n) is 1.92. The van der Waals surface area contributed by atoms with Gasteiger partial charge in [-0.15, -0.1) is 0 Å². The van der Waals surface area contributed by atoms with Gasteiger partial charge < -0.3 is 20.5 Å². The highest BCUT2D eigenvalue weighted by molar-refractivity contribution is 5.71. The Kier molecular flexibility index (Phi) is 4.13. The van der Waals surface area contributed by atoms with Crippen molar-refractivity contribution in [3.8, 4) is 5.75 Å². The molecular formula is C14H21N3O3. The summed E-state index contributed by atoms with van der Waals surface area (Å²) in [5.41, 5.74) is 6.29. The third-order valence-corrected chi connectivity index (χ3v) is 2.76. The summed E-state index contributed by atoms with van der Waals surface area (Å²) in [6.07, 6.45) is 1.78. The second-order valence-corrected chi connectivity index (χ2v) is 5.79. The van der Waals surface area contributed by atoms with E-state index in [9.17, 15) is 4.79 Å². The lowest BCUT2D eigenvalue weighted by molar-refractivity contribution is -0.155. The average molecular weight is 279 g/mol. The first-order chi connectivity index (χ1) is 9.35.